The number of quaternary nitrogens is 2. The molecule has 0 atom stereocenters. The molecule has 3 N–H and O–H groups in total. The van der Waals surface area contributed by atoms with Gasteiger partial charge in [0.1, 0.15) is 32.7 Å². The van der Waals surface area contributed by atoms with Crippen molar-refractivity contribution >= 4 is 17.5 Å². The van der Waals surface area contributed by atoms with Crippen LogP contribution in [0.25, 0.3) is 0 Å². The first kappa shape index (κ1) is 19.9. The van der Waals surface area contributed by atoms with E-state index in [0.29, 0.717) is 13.1 Å². The molecule has 3 rings (SSSR count). The van der Waals surface area contributed by atoms with Crippen LogP contribution in [0.1, 0.15) is 16.7 Å². The van der Waals surface area contributed by atoms with E-state index in [1.54, 1.807) is 4.90 Å². The highest BCUT2D eigenvalue weighted by Crippen LogP contribution is 2.10. The topological polar surface area (TPSA) is 38.0 Å². The summed E-state index contributed by atoms with van der Waals surface area (Å²) in [6, 6.07) is 16.4. The molecule has 1 fully saturated rings. The average Bonchev–Trinajstić information content (AvgIpc) is 2.65. The summed E-state index contributed by atoms with van der Waals surface area (Å²) in [5.74, 6) is 0.148. The third-order valence-electron chi connectivity index (χ3n) is 5.40. The van der Waals surface area contributed by atoms with Gasteiger partial charge in [-0.05, 0) is 36.6 Å². The summed E-state index contributed by atoms with van der Waals surface area (Å²) in [4.78, 5) is 15.2. The maximum Gasteiger partial charge on any atom is 0.275 e. The smallest absolute Gasteiger partial charge is 0.275 e. The number of carbonyl (C=O) groups is 1. The van der Waals surface area contributed by atoms with E-state index < -0.39 is 0 Å². The van der Waals surface area contributed by atoms with E-state index in [0.717, 1.165) is 49.7 Å². The van der Waals surface area contributed by atoms with Gasteiger partial charge < -0.3 is 15.1 Å². The number of amides is 1. The highest BCUT2D eigenvalue weighted by atomic mass is 35.5. The Morgan fingerprint density at radius 2 is 1.78 bits per heavy atom. The molecule has 1 heterocycles. The van der Waals surface area contributed by atoms with Crippen molar-refractivity contribution in [2.75, 3.05) is 39.3 Å². The van der Waals surface area contributed by atoms with E-state index in [1.165, 1.54) is 16.0 Å². The lowest BCUT2D eigenvalue weighted by molar-refractivity contribution is -1.02. The van der Waals surface area contributed by atoms with Crippen molar-refractivity contribution in [1.29, 1.82) is 0 Å². The predicted octanol–water partition coefficient (Wildman–Crippen LogP) is 0.291. The van der Waals surface area contributed by atoms with Crippen LogP contribution in [-0.2, 0) is 17.8 Å². The number of halogens is 1. The fourth-order valence-electron chi connectivity index (χ4n) is 3.72. The lowest BCUT2D eigenvalue weighted by Crippen LogP contribution is -3.28. The molecule has 1 saturated heterocycles. The van der Waals surface area contributed by atoms with Crippen LogP contribution < -0.4 is 15.1 Å². The number of benzene rings is 2. The number of hydrogen-bond donors (Lipinski definition) is 3. The number of piperazine rings is 1. The van der Waals surface area contributed by atoms with E-state index in [4.69, 9.17) is 11.6 Å². The third kappa shape index (κ3) is 6.35. The van der Waals surface area contributed by atoms with E-state index in [1.807, 2.05) is 24.3 Å². The molecule has 4 nitrogen and oxygen atoms in total. The van der Waals surface area contributed by atoms with E-state index >= 15 is 0 Å². The van der Waals surface area contributed by atoms with Gasteiger partial charge in [-0.25, -0.2) is 0 Å². The van der Waals surface area contributed by atoms with Crippen LogP contribution in [0.15, 0.2) is 48.5 Å². The van der Waals surface area contributed by atoms with Gasteiger partial charge in [-0.1, -0.05) is 48.0 Å². The van der Waals surface area contributed by atoms with Gasteiger partial charge in [0.2, 0.25) is 0 Å². The molecular formula is C22H30ClN3O+2. The van der Waals surface area contributed by atoms with Crippen molar-refractivity contribution in [1.82, 2.24) is 5.32 Å². The molecule has 0 aromatic heterocycles. The van der Waals surface area contributed by atoms with Crippen LogP contribution in [0.4, 0.5) is 0 Å². The van der Waals surface area contributed by atoms with Crippen molar-refractivity contribution in [3.8, 4) is 0 Å². The molecule has 1 aliphatic heterocycles. The molecule has 0 spiro atoms. The van der Waals surface area contributed by atoms with Crippen LogP contribution >= 0.6 is 11.6 Å². The van der Waals surface area contributed by atoms with Crippen molar-refractivity contribution < 1.29 is 14.6 Å². The Bertz CT molecular complexity index is 757. The fraction of sp³-hybridized carbons (Fsp3) is 0.409. The summed E-state index contributed by atoms with van der Waals surface area (Å²) in [5, 5.41) is 3.79. The molecule has 5 heteroatoms. The summed E-state index contributed by atoms with van der Waals surface area (Å²) in [6.45, 7) is 8.88. The second-order valence-electron chi connectivity index (χ2n) is 7.51. The van der Waals surface area contributed by atoms with Crippen LogP contribution in [-0.4, -0.2) is 45.2 Å². The predicted molar refractivity (Wildman–Crippen MR) is 109 cm³/mol. The van der Waals surface area contributed by atoms with Crippen LogP contribution in [0.3, 0.4) is 0 Å². The molecule has 144 valence electrons. The van der Waals surface area contributed by atoms with Crippen LogP contribution in [0.5, 0.6) is 0 Å². The van der Waals surface area contributed by atoms with Crippen LogP contribution in [0.2, 0.25) is 5.02 Å². The van der Waals surface area contributed by atoms with Gasteiger partial charge in [-0.3, -0.25) is 4.79 Å². The minimum Gasteiger partial charge on any atom is -0.351 e. The molecule has 0 radical (unpaired) electrons. The van der Waals surface area contributed by atoms with E-state index in [-0.39, 0.29) is 5.91 Å². The summed E-state index contributed by atoms with van der Waals surface area (Å²) >= 11 is 5.99. The average molecular weight is 388 g/mol. The minimum atomic E-state index is 0.148. The lowest BCUT2D eigenvalue weighted by Gasteiger charge is -2.29. The number of aryl methyl sites for hydroxylation is 1. The molecule has 0 saturated carbocycles. The van der Waals surface area contributed by atoms with Gasteiger partial charge >= 0.3 is 0 Å². The second kappa shape index (κ2) is 9.88. The lowest BCUT2D eigenvalue weighted by atomic mass is 10.1. The molecule has 2 aromatic rings. The van der Waals surface area contributed by atoms with Crippen molar-refractivity contribution in [3.05, 3.63) is 70.2 Å². The molecule has 0 bridgehead atoms. The van der Waals surface area contributed by atoms with Gasteiger partial charge in [0.25, 0.3) is 5.91 Å². The van der Waals surface area contributed by atoms with Gasteiger partial charge in [0.05, 0.1) is 0 Å². The molecule has 2 aromatic carbocycles. The Balaban J connectivity index is 1.35. The summed E-state index contributed by atoms with van der Waals surface area (Å²) in [6.07, 6.45) is 0.815. The number of hydrogen-bond acceptors (Lipinski definition) is 1. The van der Waals surface area contributed by atoms with Crippen molar-refractivity contribution in [2.24, 2.45) is 0 Å². The molecule has 27 heavy (non-hydrogen) atoms. The summed E-state index contributed by atoms with van der Waals surface area (Å²) in [5.41, 5.74) is 3.97. The Hall–Kier alpha value is -1.88. The molecule has 1 aliphatic rings. The largest absolute Gasteiger partial charge is 0.351 e. The zero-order valence-electron chi connectivity index (χ0n) is 16.1. The van der Waals surface area contributed by atoms with E-state index in [2.05, 4.69) is 36.5 Å². The fourth-order valence-corrected chi connectivity index (χ4v) is 3.93. The number of rotatable bonds is 7. The van der Waals surface area contributed by atoms with Crippen molar-refractivity contribution in [3.63, 3.8) is 0 Å². The highest BCUT2D eigenvalue weighted by Gasteiger charge is 2.24. The molecule has 0 unspecified atom stereocenters. The van der Waals surface area contributed by atoms with E-state index in [9.17, 15) is 4.79 Å². The Labute approximate surface area is 167 Å². The minimum absolute atomic E-state index is 0.148. The van der Waals surface area contributed by atoms with Gasteiger partial charge in [-0.15, -0.1) is 0 Å². The normalized spacial score (nSPS) is 19.6. The summed E-state index contributed by atoms with van der Waals surface area (Å²) < 4.78 is 0. The van der Waals surface area contributed by atoms with Crippen LogP contribution in [0, 0.1) is 6.92 Å². The Kier molecular flexibility index (Phi) is 7.27. The van der Waals surface area contributed by atoms with Crippen molar-refractivity contribution in [2.45, 2.75) is 19.9 Å². The quantitative estimate of drug-likeness (QED) is 0.627. The van der Waals surface area contributed by atoms with Gasteiger partial charge in [0, 0.05) is 17.1 Å². The Morgan fingerprint density at radius 3 is 2.52 bits per heavy atom. The SMILES string of the molecule is Cc1ccccc1C[NH+]1CC[NH+](CC(=O)NCCc2cccc(Cl)c2)CC1. The van der Waals surface area contributed by atoms with Gasteiger partial charge in [0.15, 0.2) is 6.54 Å². The first-order valence-electron chi connectivity index (χ1n) is 9.83. The number of nitrogens with one attached hydrogen (secondary N) is 3. The number of carbonyl (C=O) groups excluding carboxylic acids is 1. The maximum absolute atomic E-state index is 12.2. The third-order valence-corrected chi connectivity index (χ3v) is 5.64. The molecule has 0 aliphatic carbocycles. The molecule has 1 amide bonds. The zero-order chi connectivity index (χ0) is 19.1. The first-order valence-corrected chi connectivity index (χ1v) is 10.2. The standard InChI is InChI=1S/C22H28ClN3O/c1-18-5-2-3-7-20(18)16-25-11-13-26(14-12-25)17-22(27)24-10-9-19-6-4-8-21(23)15-19/h2-8,15H,9-14,16-17H2,1H3,(H,24,27)/p+2. The highest BCUT2D eigenvalue weighted by molar-refractivity contribution is 6.30. The second-order valence-corrected chi connectivity index (χ2v) is 7.95. The zero-order valence-corrected chi connectivity index (χ0v) is 16.8. The Morgan fingerprint density at radius 1 is 1.04 bits per heavy atom. The first-order chi connectivity index (χ1) is 13.1. The summed E-state index contributed by atoms with van der Waals surface area (Å²) in [7, 11) is 0. The maximum atomic E-state index is 12.2. The monoisotopic (exact) mass is 387 g/mol. The van der Waals surface area contributed by atoms with Gasteiger partial charge in [-0.2, -0.15) is 0 Å². The molecular weight excluding hydrogens is 358 g/mol.